The van der Waals surface area contributed by atoms with E-state index in [0.29, 0.717) is 16.7 Å². The van der Waals surface area contributed by atoms with Gasteiger partial charge in [0.05, 0.1) is 18.3 Å². The normalized spacial score (nSPS) is 11.3. The van der Waals surface area contributed by atoms with E-state index in [2.05, 4.69) is 9.71 Å². The first-order chi connectivity index (χ1) is 11.9. The Morgan fingerprint density at radius 1 is 1.04 bits per heavy atom. The van der Waals surface area contributed by atoms with E-state index in [1.54, 1.807) is 18.2 Å². The van der Waals surface area contributed by atoms with Crippen molar-refractivity contribution in [3.63, 3.8) is 0 Å². The van der Waals surface area contributed by atoms with Crippen molar-refractivity contribution < 1.29 is 21.9 Å². The summed E-state index contributed by atoms with van der Waals surface area (Å²) in [6, 6.07) is 9.55. The summed E-state index contributed by atoms with van der Waals surface area (Å²) in [6.07, 6.45) is 1.50. The van der Waals surface area contributed by atoms with E-state index in [1.807, 2.05) is 4.72 Å². The maximum Gasteiger partial charge on any atom is 0.321 e. The van der Waals surface area contributed by atoms with Crippen molar-refractivity contribution in [3.05, 3.63) is 60.3 Å². The van der Waals surface area contributed by atoms with Gasteiger partial charge in [-0.15, -0.1) is 0 Å². The number of aromatic nitrogens is 1. The molecule has 0 amide bonds. The monoisotopic (exact) mass is 365 g/mol. The van der Waals surface area contributed by atoms with Crippen molar-refractivity contribution in [1.82, 2.24) is 4.98 Å². The van der Waals surface area contributed by atoms with E-state index in [1.165, 1.54) is 19.4 Å². The second kappa shape index (κ2) is 6.52. The van der Waals surface area contributed by atoms with E-state index in [0.717, 1.165) is 18.2 Å². The maximum atomic E-state index is 13.7. The number of para-hydroxylation sites is 1. The smallest absolute Gasteiger partial charge is 0.321 e. The third-order valence-electron chi connectivity index (χ3n) is 3.36. The van der Waals surface area contributed by atoms with E-state index in [-0.39, 0.29) is 5.69 Å². The summed E-state index contributed by atoms with van der Waals surface area (Å²) in [5.41, 5.74) is -0.294. The number of nitrogens with one attached hydrogen (secondary N) is 2. The minimum absolute atomic E-state index is 0.110. The van der Waals surface area contributed by atoms with E-state index >= 15 is 0 Å². The molecular formula is C16H13F2N3O3S. The number of nitrogens with zero attached hydrogens (tertiary/aromatic N) is 1. The first kappa shape index (κ1) is 16.9. The summed E-state index contributed by atoms with van der Waals surface area (Å²) < 4.78 is 61.1. The SMILES string of the molecule is COc1cc(NS(=O)(=O)Nc2c(F)cccc2F)c2ncccc2c1. The molecule has 25 heavy (non-hydrogen) atoms. The average Bonchev–Trinajstić information content (AvgIpc) is 2.58. The van der Waals surface area contributed by atoms with Crippen LogP contribution in [0.5, 0.6) is 5.75 Å². The fourth-order valence-electron chi connectivity index (χ4n) is 2.26. The van der Waals surface area contributed by atoms with Crippen LogP contribution < -0.4 is 14.2 Å². The van der Waals surface area contributed by atoms with Crippen LogP contribution in [0.15, 0.2) is 48.7 Å². The number of methoxy groups -OCH3 is 1. The van der Waals surface area contributed by atoms with Crippen LogP contribution in [0, 0.1) is 11.6 Å². The molecule has 0 atom stereocenters. The first-order valence-electron chi connectivity index (χ1n) is 7.07. The Morgan fingerprint density at radius 2 is 1.76 bits per heavy atom. The highest BCUT2D eigenvalue weighted by Gasteiger charge is 2.18. The molecule has 0 unspecified atom stereocenters. The van der Waals surface area contributed by atoms with Gasteiger partial charge in [0.25, 0.3) is 0 Å². The molecule has 3 rings (SSSR count). The van der Waals surface area contributed by atoms with Gasteiger partial charge in [0, 0.05) is 17.6 Å². The standard InChI is InChI=1S/C16H13F2N3O3S/c1-24-11-8-10-4-3-7-19-15(10)14(9-11)20-25(22,23)21-16-12(17)5-2-6-13(16)18/h2-9,20-21H,1H3. The molecule has 6 nitrogen and oxygen atoms in total. The average molecular weight is 365 g/mol. The zero-order valence-corrected chi connectivity index (χ0v) is 13.8. The number of pyridine rings is 1. The number of anilines is 2. The Bertz CT molecular complexity index is 1020. The molecule has 1 aromatic heterocycles. The van der Waals surface area contributed by atoms with Crippen LogP contribution in [0.3, 0.4) is 0 Å². The van der Waals surface area contributed by atoms with Crippen LogP contribution in [0.2, 0.25) is 0 Å². The Labute approximate surface area is 142 Å². The number of ether oxygens (including phenoxy) is 1. The molecular weight excluding hydrogens is 352 g/mol. The lowest BCUT2D eigenvalue weighted by molar-refractivity contribution is 0.415. The highest BCUT2D eigenvalue weighted by Crippen LogP contribution is 2.29. The van der Waals surface area contributed by atoms with Crippen molar-refractivity contribution in [2.45, 2.75) is 0 Å². The number of halogens is 2. The van der Waals surface area contributed by atoms with Crippen molar-refractivity contribution in [2.75, 3.05) is 16.6 Å². The van der Waals surface area contributed by atoms with Gasteiger partial charge in [0.1, 0.15) is 23.1 Å². The molecule has 2 N–H and O–H groups in total. The van der Waals surface area contributed by atoms with Crippen LogP contribution in [0.1, 0.15) is 0 Å². The van der Waals surface area contributed by atoms with Gasteiger partial charge >= 0.3 is 10.2 Å². The van der Waals surface area contributed by atoms with Crippen LogP contribution >= 0.6 is 0 Å². The topological polar surface area (TPSA) is 80.3 Å². The van der Waals surface area contributed by atoms with Gasteiger partial charge in [-0.25, -0.2) is 8.78 Å². The summed E-state index contributed by atoms with van der Waals surface area (Å²) in [7, 11) is -2.89. The van der Waals surface area contributed by atoms with Gasteiger partial charge in [0.2, 0.25) is 0 Å². The molecule has 9 heteroatoms. The molecule has 0 aliphatic heterocycles. The lowest BCUT2D eigenvalue weighted by atomic mass is 10.2. The quantitative estimate of drug-likeness (QED) is 0.727. The number of hydrogen-bond donors (Lipinski definition) is 2. The van der Waals surface area contributed by atoms with Crippen molar-refractivity contribution in [2.24, 2.45) is 0 Å². The van der Waals surface area contributed by atoms with Crippen LogP contribution in [0.25, 0.3) is 10.9 Å². The molecule has 1 heterocycles. The summed E-state index contributed by atoms with van der Waals surface area (Å²) in [4.78, 5) is 4.12. The Kier molecular flexibility index (Phi) is 4.41. The third-order valence-corrected chi connectivity index (χ3v) is 4.32. The first-order valence-corrected chi connectivity index (χ1v) is 8.55. The summed E-state index contributed by atoms with van der Waals surface area (Å²) in [6.45, 7) is 0. The van der Waals surface area contributed by atoms with Gasteiger partial charge in [0.15, 0.2) is 0 Å². The molecule has 0 saturated heterocycles. The zero-order chi connectivity index (χ0) is 18.0. The lowest BCUT2D eigenvalue weighted by Crippen LogP contribution is -2.23. The fourth-order valence-corrected chi connectivity index (χ4v) is 3.22. The highest BCUT2D eigenvalue weighted by atomic mass is 32.2. The minimum Gasteiger partial charge on any atom is -0.497 e. The molecule has 0 radical (unpaired) electrons. The van der Waals surface area contributed by atoms with Crippen molar-refractivity contribution in [3.8, 4) is 5.75 Å². The van der Waals surface area contributed by atoms with Gasteiger partial charge in [-0.05, 0) is 24.3 Å². The van der Waals surface area contributed by atoms with E-state index in [9.17, 15) is 17.2 Å². The Hall–Kier alpha value is -2.94. The number of rotatable bonds is 5. The van der Waals surface area contributed by atoms with Crippen LogP contribution in [-0.4, -0.2) is 20.5 Å². The molecule has 0 spiro atoms. The van der Waals surface area contributed by atoms with Crippen LogP contribution in [0.4, 0.5) is 20.2 Å². The predicted octanol–water partition coefficient (Wildman–Crippen LogP) is 3.29. The largest absolute Gasteiger partial charge is 0.497 e. The fraction of sp³-hybridized carbons (Fsp3) is 0.0625. The summed E-state index contributed by atoms with van der Waals surface area (Å²) in [5, 5.41) is 0.636. The number of benzene rings is 2. The third kappa shape index (κ3) is 3.61. The van der Waals surface area contributed by atoms with Gasteiger partial charge in [-0.2, -0.15) is 8.42 Å². The van der Waals surface area contributed by atoms with Crippen molar-refractivity contribution in [1.29, 1.82) is 0 Å². The maximum absolute atomic E-state index is 13.7. The zero-order valence-electron chi connectivity index (χ0n) is 13.0. The number of hydrogen-bond acceptors (Lipinski definition) is 4. The minimum atomic E-state index is -4.32. The summed E-state index contributed by atoms with van der Waals surface area (Å²) >= 11 is 0. The second-order valence-corrected chi connectivity index (χ2v) is 6.47. The highest BCUT2D eigenvalue weighted by molar-refractivity contribution is 7.94. The molecule has 0 bridgehead atoms. The molecule has 0 aliphatic carbocycles. The molecule has 3 aromatic rings. The summed E-state index contributed by atoms with van der Waals surface area (Å²) in [5.74, 6) is -1.66. The lowest BCUT2D eigenvalue weighted by Gasteiger charge is -2.14. The Balaban J connectivity index is 2.00. The molecule has 0 fully saturated rings. The van der Waals surface area contributed by atoms with Gasteiger partial charge in [-0.3, -0.25) is 14.4 Å². The molecule has 2 aromatic carbocycles. The van der Waals surface area contributed by atoms with Gasteiger partial charge in [-0.1, -0.05) is 12.1 Å². The van der Waals surface area contributed by atoms with E-state index in [4.69, 9.17) is 4.74 Å². The van der Waals surface area contributed by atoms with Crippen LogP contribution in [-0.2, 0) is 10.2 Å². The Morgan fingerprint density at radius 3 is 2.44 bits per heavy atom. The predicted molar refractivity (Wildman–Crippen MR) is 90.8 cm³/mol. The molecule has 0 aliphatic rings. The van der Waals surface area contributed by atoms with Crippen molar-refractivity contribution >= 4 is 32.5 Å². The number of fused-ring (bicyclic) bond motifs is 1. The molecule has 130 valence electrons. The van der Waals surface area contributed by atoms with Gasteiger partial charge < -0.3 is 4.74 Å². The molecule has 0 saturated carbocycles. The second-order valence-electron chi connectivity index (χ2n) is 5.05. The van der Waals surface area contributed by atoms with E-state index < -0.39 is 27.5 Å².